The predicted octanol–water partition coefficient (Wildman–Crippen LogP) is 11.3. The van der Waals surface area contributed by atoms with Crippen molar-refractivity contribution in [3.8, 4) is 33.8 Å². The van der Waals surface area contributed by atoms with Crippen LogP contribution < -0.4 is 0 Å². The number of aromatic nitrogens is 2. The van der Waals surface area contributed by atoms with Gasteiger partial charge in [0.05, 0.1) is 11.2 Å². The summed E-state index contributed by atoms with van der Waals surface area (Å²) in [6.45, 7) is 0. The molecule has 0 N–H and O–H groups in total. The zero-order valence-electron chi connectivity index (χ0n) is 23.2. The summed E-state index contributed by atoms with van der Waals surface area (Å²) >= 11 is 1.83. The number of nitrogens with zero attached hydrogens (tertiary/aromatic N) is 2. The molecule has 0 aliphatic heterocycles. The van der Waals surface area contributed by atoms with E-state index in [9.17, 15) is 0 Å². The molecule has 0 saturated carbocycles. The third-order valence-corrected chi connectivity index (χ3v) is 9.54. The number of hydrogen-bond acceptors (Lipinski definition) is 3. The molecule has 43 heavy (non-hydrogen) atoms. The number of benzene rings is 7. The van der Waals surface area contributed by atoms with E-state index < -0.39 is 0 Å². The van der Waals surface area contributed by atoms with E-state index in [2.05, 4.69) is 146 Å². The van der Waals surface area contributed by atoms with Gasteiger partial charge in [-0.25, -0.2) is 9.97 Å². The Morgan fingerprint density at radius 1 is 0.419 bits per heavy atom. The average molecular weight is 565 g/mol. The molecule has 0 aliphatic rings. The van der Waals surface area contributed by atoms with Gasteiger partial charge in [0.15, 0.2) is 5.82 Å². The standard InChI is InChI=1S/C40H24N2S/c1-3-11-27-21-29(19-17-25(27)9-1)34-23-31(24-37-38(34)33-14-6-8-16-36(33)43-37)40-41-35-15-7-5-13-32(35)39(42-40)30-20-18-26-10-2-4-12-28(26)22-30/h1-24H. The van der Waals surface area contributed by atoms with Gasteiger partial charge in [0.1, 0.15) is 0 Å². The maximum Gasteiger partial charge on any atom is 0.160 e. The third-order valence-electron chi connectivity index (χ3n) is 8.42. The summed E-state index contributed by atoms with van der Waals surface area (Å²) in [7, 11) is 0. The third kappa shape index (κ3) is 4.01. The fourth-order valence-corrected chi connectivity index (χ4v) is 7.50. The van der Waals surface area contributed by atoms with Crippen LogP contribution in [-0.2, 0) is 0 Å². The molecule has 3 heteroatoms. The monoisotopic (exact) mass is 564 g/mol. The molecule has 2 aromatic heterocycles. The van der Waals surface area contributed by atoms with Gasteiger partial charge in [-0.3, -0.25) is 0 Å². The van der Waals surface area contributed by atoms with E-state index in [1.54, 1.807) is 0 Å². The van der Waals surface area contributed by atoms with E-state index in [1.807, 2.05) is 11.3 Å². The first kappa shape index (κ1) is 24.2. The number of rotatable bonds is 3. The van der Waals surface area contributed by atoms with Gasteiger partial charge in [0.25, 0.3) is 0 Å². The Balaban J connectivity index is 1.32. The van der Waals surface area contributed by atoms with Crippen LogP contribution in [0.5, 0.6) is 0 Å². The Morgan fingerprint density at radius 3 is 1.84 bits per heavy atom. The smallest absolute Gasteiger partial charge is 0.160 e. The van der Waals surface area contributed by atoms with Crippen LogP contribution in [0.3, 0.4) is 0 Å². The van der Waals surface area contributed by atoms with Crippen molar-refractivity contribution in [1.29, 1.82) is 0 Å². The first-order valence-corrected chi connectivity index (χ1v) is 15.3. The van der Waals surface area contributed by atoms with Crippen LogP contribution in [-0.4, -0.2) is 9.97 Å². The lowest BCUT2D eigenvalue weighted by atomic mass is 9.95. The lowest BCUT2D eigenvalue weighted by Crippen LogP contribution is -1.96. The van der Waals surface area contributed by atoms with E-state index >= 15 is 0 Å². The topological polar surface area (TPSA) is 25.8 Å². The molecule has 2 nitrogen and oxygen atoms in total. The molecule has 9 aromatic rings. The van der Waals surface area contributed by atoms with Crippen LogP contribution in [0.25, 0.3) is 86.4 Å². The second kappa shape index (κ2) is 9.59. The molecule has 0 radical (unpaired) electrons. The average Bonchev–Trinajstić information content (AvgIpc) is 3.45. The van der Waals surface area contributed by atoms with Crippen molar-refractivity contribution in [2.45, 2.75) is 0 Å². The fraction of sp³-hybridized carbons (Fsp3) is 0. The quantitative estimate of drug-likeness (QED) is 0.213. The summed E-state index contributed by atoms with van der Waals surface area (Å²) in [5, 5.41) is 8.53. The van der Waals surface area contributed by atoms with E-state index in [0.29, 0.717) is 0 Å². The highest BCUT2D eigenvalue weighted by Gasteiger charge is 2.17. The van der Waals surface area contributed by atoms with Crippen LogP contribution in [0.15, 0.2) is 146 Å². The first-order chi connectivity index (χ1) is 21.3. The molecular formula is C40H24N2S. The van der Waals surface area contributed by atoms with E-state index in [1.165, 1.54) is 52.8 Å². The molecule has 0 spiro atoms. The van der Waals surface area contributed by atoms with Crippen LogP contribution in [0.1, 0.15) is 0 Å². The zero-order valence-corrected chi connectivity index (χ0v) is 24.0. The minimum Gasteiger partial charge on any atom is -0.228 e. The highest BCUT2D eigenvalue weighted by Crippen LogP contribution is 2.43. The fourth-order valence-electron chi connectivity index (χ4n) is 6.33. The Morgan fingerprint density at radius 2 is 1.05 bits per heavy atom. The number of hydrogen-bond donors (Lipinski definition) is 0. The van der Waals surface area contributed by atoms with Crippen LogP contribution in [0.4, 0.5) is 0 Å². The van der Waals surface area contributed by atoms with Gasteiger partial charge < -0.3 is 0 Å². The number of thiophene rings is 1. The second-order valence-corrected chi connectivity index (χ2v) is 12.1. The SMILES string of the molecule is c1ccc2cc(-c3nc(-c4cc(-c5ccc6ccccc6c5)c5c(c4)sc4ccccc45)nc4ccccc34)ccc2c1. The van der Waals surface area contributed by atoms with Crippen molar-refractivity contribution < 1.29 is 0 Å². The second-order valence-electron chi connectivity index (χ2n) is 11.0. The Hall–Kier alpha value is -5.38. The maximum atomic E-state index is 5.29. The molecule has 0 amide bonds. The van der Waals surface area contributed by atoms with Crippen LogP contribution >= 0.6 is 11.3 Å². The van der Waals surface area contributed by atoms with Crippen LogP contribution in [0.2, 0.25) is 0 Å². The Labute approximate surface area is 252 Å². The molecule has 200 valence electrons. The highest BCUT2D eigenvalue weighted by molar-refractivity contribution is 7.26. The van der Waals surface area contributed by atoms with E-state index in [0.717, 1.165) is 33.5 Å². The highest BCUT2D eigenvalue weighted by atomic mass is 32.1. The molecule has 0 aliphatic carbocycles. The maximum absolute atomic E-state index is 5.29. The van der Waals surface area contributed by atoms with Crippen molar-refractivity contribution in [2.24, 2.45) is 0 Å². The molecule has 2 heterocycles. The molecule has 0 bridgehead atoms. The minimum atomic E-state index is 0.739. The summed E-state index contributed by atoms with van der Waals surface area (Å²) in [6, 6.07) is 52.0. The predicted molar refractivity (Wildman–Crippen MR) is 184 cm³/mol. The summed E-state index contributed by atoms with van der Waals surface area (Å²) in [5.74, 6) is 0.739. The molecule has 9 rings (SSSR count). The summed E-state index contributed by atoms with van der Waals surface area (Å²) in [5.41, 5.74) is 6.42. The number of fused-ring (bicyclic) bond motifs is 6. The molecule has 0 unspecified atom stereocenters. The lowest BCUT2D eigenvalue weighted by molar-refractivity contribution is 1.23. The van der Waals surface area contributed by atoms with Gasteiger partial charge in [0, 0.05) is 36.7 Å². The van der Waals surface area contributed by atoms with Crippen molar-refractivity contribution in [3.63, 3.8) is 0 Å². The van der Waals surface area contributed by atoms with Crippen molar-refractivity contribution in [2.75, 3.05) is 0 Å². The Kier molecular flexibility index (Phi) is 5.40. The van der Waals surface area contributed by atoms with Gasteiger partial charge in [0.2, 0.25) is 0 Å². The summed E-state index contributed by atoms with van der Waals surface area (Å²) in [6.07, 6.45) is 0. The number of para-hydroxylation sites is 1. The molecule has 0 atom stereocenters. The van der Waals surface area contributed by atoms with Gasteiger partial charge in [-0.05, 0) is 69.1 Å². The van der Waals surface area contributed by atoms with Crippen molar-refractivity contribution in [1.82, 2.24) is 9.97 Å². The first-order valence-electron chi connectivity index (χ1n) is 14.5. The molecular weight excluding hydrogens is 541 g/mol. The Bertz CT molecular complexity index is 2520. The van der Waals surface area contributed by atoms with Crippen molar-refractivity contribution in [3.05, 3.63) is 146 Å². The summed E-state index contributed by atoms with van der Waals surface area (Å²) in [4.78, 5) is 10.4. The molecule has 0 saturated heterocycles. The minimum absolute atomic E-state index is 0.739. The van der Waals surface area contributed by atoms with Gasteiger partial charge in [-0.15, -0.1) is 11.3 Å². The summed E-state index contributed by atoms with van der Waals surface area (Å²) < 4.78 is 2.53. The van der Waals surface area contributed by atoms with E-state index in [-0.39, 0.29) is 0 Å². The van der Waals surface area contributed by atoms with Crippen molar-refractivity contribution >= 4 is 64.0 Å². The molecule has 7 aromatic carbocycles. The van der Waals surface area contributed by atoms with Crippen LogP contribution in [0, 0.1) is 0 Å². The van der Waals surface area contributed by atoms with Gasteiger partial charge in [-0.1, -0.05) is 109 Å². The normalized spacial score (nSPS) is 11.7. The lowest BCUT2D eigenvalue weighted by Gasteiger charge is -2.13. The largest absolute Gasteiger partial charge is 0.228 e. The van der Waals surface area contributed by atoms with Gasteiger partial charge >= 0.3 is 0 Å². The zero-order chi connectivity index (χ0) is 28.3. The van der Waals surface area contributed by atoms with E-state index in [4.69, 9.17) is 9.97 Å². The van der Waals surface area contributed by atoms with Gasteiger partial charge in [-0.2, -0.15) is 0 Å². The molecule has 0 fully saturated rings.